The Balaban J connectivity index is 2.54. The topological polar surface area (TPSA) is 37.3 Å². The molecule has 0 radical (unpaired) electrons. The van der Waals surface area contributed by atoms with E-state index in [1.165, 1.54) is 18.2 Å². The van der Waals surface area contributed by atoms with Gasteiger partial charge in [0.15, 0.2) is 17.5 Å². The van der Waals surface area contributed by atoms with Crippen molar-refractivity contribution >= 4 is 5.97 Å². The van der Waals surface area contributed by atoms with Crippen molar-refractivity contribution in [2.45, 2.75) is 38.8 Å². The van der Waals surface area contributed by atoms with E-state index >= 15 is 0 Å². The first kappa shape index (κ1) is 19.0. The van der Waals surface area contributed by atoms with Crippen LogP contribution < -0.4 is 0 Å². The number of carboxylic acids is 1. The Morgan fingerprint density at radius 3 is 2.36 bits per heavy atom. The van der Waals surface area contributed by atoms with Crippen molar-refractivity contribution in [2.75, 3.05) is 0 Å². The molecule has 0 bridgehead atoms. The van der Waals surface area contributed by atoms with Gasteiger partial charge in [0, 0.05) is 6.42 Å². The minimum atomic E-state index is -1.61. The molecule has 0 saturated heterocycles. The smallest absolute Gasteiger partial charge is 0.335 e. The minimum Gasteiger partial charge on any atom is -0.478 e. The highest BCUT2D eigenvalue weighted by atomic mass is 19.2. The van der Waals surface area contributed by atoms with Crippen LogP contribution in [0.4, 0.5) is 17.6 Å². The molecule has 1 atom stereocenters. The fraction of sp³-hybridized carbons (Fsp3) is 0.316. The maximum absolute atomic E-state index is 14.2. The van der Waals surface area contributed by atoms with E-state index < -0.39 is 29.6 Å². The molecule has 0 aliphatic heterocycles. The Labute approximate surface area is 143 Å². The van der Waals surface area contributed by atoms with Crippen LogP contribution in [-0.4, -0.2) is 17.2 Å². The monoisotopic (exact) mass is 354 g/mol. The number of unbranched alkanes of at least 4 members (excludes halogenated alkanes) is 1. The summed E-state index contributed by atoms with van der Waals surface area (Å²) in [5.74, 6) is -5.64. The van der Waals surface area contributed by atoms with Crippen LogP contribution in [0.3, 0.4) is 0 Å². The lowest BCUT2D eigenvalue weighted by molar-refractivity contribution is 0.0695. The third kappa shape index (κ3) is 4.38. The summed E-state index contributed by atoms with van der Waals surface area (Å²) in [6.45, 7) is 1.91. The van der Waals surface area contributed by atoms with Crippen LogP contribution in [0, 0.1) is 17.5 Å². The molecule has 0 aliphatic carbocycles. The highest BCUT2D eigenvalue weighted by Gasteiger charge is 2.21. The molecule has 0 aliphatic rings. The van der Waals surface area contributed by atoms with Crippen LogP contribution in [0.1, 0.15) is 42.1 Å². The first-order valence-corrected chi connectivity index (χ1v) is 7.99. The summed E-state index contributed by atoms with van der Waals surface area (Å²) in [4.78, 5) is 11.5. The zero-order valence-corrected chi connectivity index (χ0v) is 13.7. The molecule has 1 unspecified atom stereocenters. The van der Waals surface area contributed by atoms with Gasteiger partial charge in [-0.3, -0.25) is 0 Å². The average Bonchev–Trinajstić information content (AvgIpc) is 2.57. The molecule has 2 aromatic rings. The molecule has 2 nitrogen and oxygen atoms in total. The molecule has 0 spiro atoms. The molecule has 1 N–H and O–H groups in total. The molecule has 2 aromatic carbocycles. The molecule has 25 heavy (non-hydrogen) atoms. The lowest BCUT2D eigenvalue weighted by atomic mass is 9.91. The van der Waals surface area contributed by atoms with Crippen molar-refractivity contribution in [1.82, 2.24) is 0 Å². The summed E-state index contributed by atoms with van der Waals surface area (Å²) in [6.07, 6.45) is 0.219. The zero-order chi connectivity index (χ0) is 18.6. The molecular formula is C19H18F4O2. The van der Waals surface area contributed by atoms with Gasteiger partial charge < -0.3 is 5.11 Å². The Bertz CT molecular complexity index is 751. The second kappa shape index (κ2) is 8.14. The lowest BCUT2D eigenvalue weighted by Crippen LogP contribution is -2.11. The first-order valence-electron chi connectivity index (χ1n) is 7.99. The van der Waals surface area contributed by atoms with Gasteiger partial charge >= 0.3 is 5.97 Å². The van der Waals surface area contributed by atoms with Gasteiger partial charge in [-0.25, -0.2) is 22.4 Å². The zero-order valence-electron chi connectivity index (χ0n) is 13.7. The fourth-order valence-electron chi connectivity index (χ4n) is 2.74. The summed E-state index contributed by atoms with van der Waals surface area (Å²) < 4.78 is 54.5. The summed E-state index contributed by atoms with van der Waals surface area (Å²) in [5, 5.41) is 9.35. The van der Waals surface area contributed by atoms with Gasteiger partial charge in [0.05, 0.1) is 5.56 Å². The van der Waals surface area contributed by atoms with E-state index in [0.29, 0.717) is 6.42 Å². The number of alkyl halides is 1. The minimum absolute atomic E-state index is 0.0304. The van der Waals surface area contributed by atoms with Gasteiger partial charge in [0.2, 0.25) is 0 Å². The predicted octanol–water partition coefficient (Wildman–Crippen LogP) is 5.54. The molecule has 0 aromatic heterocycles. The van der Waals surface area contributed by atoms with Gasteiger partial charge in [-0.15, -0.1) is 0 Å². The third-order valence-electron chi connectivity index (χ3n) is 4.00. The van der Waals surface area contributed by atoms with Crippen LogP contribution >= 0.6 is 0 Å². The van der Waals surface area contributed by atoms with Crippen molar-refractivity contribution < 1.29 is 27.5 Å². The maximum Gasteiger partial charge on any atom is 0.335 e. The van der Waals surface area contributed by atoms with E-state index in [9.17, 15) is 27.5 Å². The summed E-state index contributed by atoms with van der Waals surface area (Å²) in [5.41, 5.74) is 0.153. The van der Waals surface area contributed by atoms with Crippen molar-refractivity contribution in [3.63, 3.8) is 0 Å². The van der Waals surface area contributed by atoms with Crippen molar-refractivity contribution in [3.8, 4) is 11.1 Å². The van der Waals surface area contributed by atoms with Crippen molar-refractivity contribution in [1.29, 1.82) is 0 Å². The van der Waals surface area contributed by atoms with Crippen LogP contribution in [0.2, 0.25) is 0 Å². The van der Waals surface area contributed by atoms with Gasteiger partial charge in [-0.05, 0) is 41.3 Å². The first-order chi connectivity index (χ1) is 11.8. The van der Waals surface area contributed by atoms with Gasteiger partial charge in [-0.2, -0.15) is 0 Å². The molecule has 0 fully saturated rings. The highest BCUT2D eigenvalue weighted by molar-refractivity contribution is 5.92. The van der Waals surface area contributed by atoms with Gasteiger partial charge in [-0.1, -0.05) is 31.9 Å². The molecular weight excluding hydrogens is 336 g/mol. The number of hydrogen-bond donors (Lipinski definition) is 1. The number of rotatable bonds is 7. The van der Waals surface area contributed by atoms with Crippen molar-refractivity contribution in [3.05, 3.63) is 58.9 Å². The number of hydrogen-bond acceptors (Lipinski definition) is 1. The van der Waals surface area contributed by atoms with E-state index in [1.807, 2.05) is 6.92 Å². The Morgan fingerprint density at radius 1 is 1.16 bits per heavy atom. The number of benzene rings is 2. The summed E-state index contributed by atoms with van der Waals surface area (Å²) >= 11 is 0. The number of carbonyl (C=O) groups is 1. The Morgan fingerprint density at radius 2 is 1.80 bits per heavy atom. The van der Waals surface area contributed by atoms with Crippen LogP contribution in [-0.2, 0) is 6.42 Å². The number of aromatic carboxylic acids is 1. The van der Waals surface area contributed by atoms with Gasteiger partial charge in [0.1, 0.15) is 6.17 Å². The standard InChI is InChI=1S/C19H18F4O2/c1-2-3-5-12(20)10-15-13(6-4-7-14(15)19(24)25)11-8-16(21)18(23)17(22)9-11/h4,6-9,12H,2-3,5,10H2,1H3,(H,24,25). The largest absolute Gasteiger partial charge is 0.478 e. The number of halogens is 4. The molecule has 0 heterocycles. The molecule has 0 saturated carbocycles. The molecule has 134 valence electrons. The van der Waals surface area contributed by atoms with Crippen LogP contribution in [0.15, 0.2) is 30.3 Å². The van der Waals surface area contributed by atoms with E-state index in [2.05, 4.69) is 0 Å². The Hall–Kier alpha value is -2.37. The highest BCUT2D eigenvalue weighted by Crippen LogP contribution is 2.31. The summed E-state index contributed by atoms with van der Waals surface area (Å²) in [6, 6.07) is 5.72. The quantitative estimate of drug-likeness (QED) is 0.524. The van der Waals surface area contributed by atoms with Gasteiger partial charge in [0.25, 0.3) is 0 Å². The molecule has 0 amide bonds. The average molecular weight is 354 g/mol. The third-order valence-corrected chi connectivity index (χ3v) is 4.00. The van der Waals surface area contributed by atoms with Crippen LogP contribution in [0.5, 0.6) is 0 Å². The second-order valence-electron chi connectivity index (χ2n) is 5.83. The molecule has 6 heteroatoms. The SMILES string of the molecule is CCCCC(F)Cc1c(C(=O)O)cccc1-c1cc(F)c(F)c(F)c1. The van der Waals surface area contributed by atoms with Crippen molar-refractivity contribution in [2.24, 2.45) is 0 Å². The predicted molar refractivity (Wildman–Crippen MR) is 86.8 cm³/mol. The Kier molecular flexibility index (Phi) is 6.17. The normalized spacial score (nSPS) is 12.2. The van der Waals surface area contributed by atoms with E-state index in [0.717, 1.165) is 18.6 Å². The van der Waals surface area contributed by atoms with Crippen LogP contribution in [0.25, 0.3) is 11.1 Å². The lowest BCUT2D eigenvalue weighted by Gasteiger charge is -2.16. The van der Waals surface area contributed by atoms with E-state index in [4.69, 9.17) is 0 Å². The van der Waals surface area contributed by atoms with E-state index in [1.54, 1.807) is 0 Å². The maximum atomic E-state index is 14.2. The van der Waals surface area contributed by atoms with E-state index in [-0.39, 0.29) is 35.1 Å². The number of carboxylic acid groups (broad SMARTS) is 1. The summed E-state index contributed by atoms with van der Waals surface area (Å²) in [7, 11) is 0. The molecule has 2 rings (SSSR count). The second-order valence-corrected chi connectivity index (χ2v) is 5.83. The fourth-order valence-corrected chi connectivity index (χ4v) is 2.74.